The second-order valence-electron chi connectivity index (χ2n) is 4.05. The number of thiocarbonyl (C=S) groups is 1. The van der Waals surface area contributed by atoms with Gasteiger partial charge in [0, 0.05) is 6.54 Å². The van der Waals surface area contributed by atoms with Gasteiger partial charge in [-0.1, -0.05) is 42.6 Å². The molecule has 1 aromatic carbocycles. The zero-order valence-corrected chi connectivity index (χ0v) is 13.3. The summed E-state index contributed by atoms with van der Waals surface area (Å²) in [5.41, 5.74) is 4.50. The summed E-state index contributed by atoms with van der Waals surface area (Å²) in [5, 5.41) is 8.85. The third kappa shape index (κ3) is 5.76. The Bertz CT molecular complexity index is 475. The Hall–Kier alpha value is -0.840. The van der Waals surface area contributed by atoms with E-state index >= 15 is 0 Å². The van der Waals surface area contributed by atoms with E-state index in [1.165, 1.54) is 0 Å². The largest absolute Gasteiger partial charge is 0.361 e. The van der Waals surface area contributed by atoms with Gasteiger partial charge in [0.05, 0.1) is 15.8 Å². The van der Waals surface area contributed by atoms with Crippen LogP contribution >= 0.6 is 35.4 Å². The van der Waals surface area contributed by atoms with Crippen LogP contribution < -0.4 is 10.7 Å². The Kier molecular flexibility index (Phi) is 7.13. The molecular formula is C13H17Cl2N3S. The van der Waals surface area contributed by atoms with E-state index in [2.05, 4.69) is 22.8 Å². The first-order valence-electron chi connectivity index (χ1n) is 6.08. The van der Waals surface area contributed by atoms with Crippen LogP contribution in [0.15, 0.2) is 23.3 Å². The molecule has 0 saturated carbocycles. The molecule has 0 spiro atoms. The fourth-order valence-electron chi connectivity index (χ4n) is 1.34. The van der Waals surface area contributed by atoms with E-state index in [9.17, 15) is 0 Å². The van der Waals surface area contributed by atoms with E-state index in [0.29, 0.717) is 15.2 Å². The van der Waals surface area contributed by atoms with Crippen LogP contribution in [0.4, 0.5) is 0 Å². The summed E-state index contributed by atoms with van der Waals surface area (Å²) in [7, 11) is 0. The third-order valence-corrected chi connectivity index (χ3v) is 3.45. The molecule has 2 N–H and O–H groups in total. The maximum absolute atomic E-state index is 5.96. The highest BCUT2D eigenvalue weighted by Crippen LogP contribution is 2.22. The fraction of sp³-hybridized carbons (Fsp3) is 0.385. The first kappa shape index (κ1) is 16.2. The van der Waals surface area contributed by atoms with Crippen LogP contribution in [0.1, 0.15) is 32.3 Å². The van der Waals surface area contributed by atoms with Crippen LogP contribution in [0.25, 0.3) is 0 Å². The highest BCUT2D eigenvalue weighted by atomic mass is 35.5. The van der Waals surface area contributed by atoms with Crippen molar-refractivity contribution in [2.75, 3.05) is 6.54 Å². The predicted octanol–water partition coefficient (Wildman–Crippen LogP) is 3.98. The van der Waals surface area contributed by atoms with Gasteiger partial charge >= 0.3 is 0 Å². The maximum Gasteiger partial charge on any atom is 0.186 e. The molecule has 0 radical (unpaired) electrons. The second-order valence-corrected chi connectivity index (χ2v) is 5.27. The Morgan fingerprint density at radius 1 is 1.32 bits per heavy atom. The van der Waals surface area contributed by atoms with Gasteiger partial charge in [-0.3, -0.25) is 5.43 Å². The summed E-state index contributed by atoms with van der Waals surface area (Å²) < 4.78 is 0. The lowest BCUT2D eigenvalue weighted by molar-refractivity contribution is 0.745. The van der Waals surface area contributed by atoms with Crippen molar-refractivity contribution in [3.05, 3.63) is 33.8 Å². The summed E-state index contributed by atoms with van der Waals surface area (Å²) in [6.07, 6.45) is 2.21. The van der Waals surface area contributed by atoms with Crippen molar-refractivity contribution in [3.8, 4) is 0 Å². The number of benzene rings is 1. The normalized spacial score (nSPS) is 11.3. The van der Waals surface area contributed by atoms with Crippen LogP contribution in [0, 0.1) is 0 Å². The highest BCUT2D eigenvalue weighted by molar-refractivity contribution is 7.80. The van der Waals surface area contributed by atoms with Gasteiger partial charge in [0.25, 0.3) is 0 Å². The lowest BCUT2D eigenvalue weighted by Gasteiger charge is -2.07. The molecule has 0 aromatic heterocycles. The molecule has 0 aliphatic carbocycles. The lowest BCUT2D eigenvalue weighted by atomic mass is 10.1. The van der Waals surface area contributed by atoms with Crippen molar-refractivity contribution >= 4 is 46.2 Å². The summed E-state index contributed by atoms with van der Waals surface area (Å²) in [6, 6.07) is 5.39. The van der Waals surface area contributed by atoms with Crippen molar-refractivity contribution in [2.24, 2.45) is 5.10 Å². The van der Waals surface area contributed by atoms with Gasteiger partial charge in [0.15, 0.2) is 5.11 Å². The van der Waals surface area contributed by atoms with Crippen molar-refractivity contribution in [3.63, 3.8) is 0 Å². The van der Waals surface area contributed by atoms with E-state index in [-0.39, 0.29) is 0 Å². The molecule has 0 heterocycles. The van der Waals surface area contributed by atoms with Gasteiger partial charge in [0.1, 0.15) is 0 Å². The van der Waals surface area contributed by atoms with Crippen LogP contribution in [0.3, 0.4) is 0 Å². The number of hydrogen-bond donors (Lipinski definition) is 2. The first-order valence-corrected chi connectivity index (χ1v) is 7.24. The van der Waals surface area contributed by atoms with Crippen LogP contribution in [-0.2, 0) is 0 Å². The number of halogens is 2. The molecule has 6 heteroatoms. The van der Waals surface area contributed by atoms with Crippen LogP contribution in [0.2, 0.25) is 10.0 Å². The van der Waals surface area contributed by atoms with Gasteiger partial charge in [-0.15, -0.1) is 0 Å². The second kappa shape index (κ2) is 8.35. The minimum Gasteiger partial charge on any atom is -0.361 e. The molecule has 0 aliphatic heterocycles. The van der Waals surface area contributed by atoms with Gasteiger partial charge in [-0.25, -0.2) is 0 Å². The first-order chi connectivity index (χ1) is 9.04. The van der Waals surface area contributed by atoms with E-state index in [0.717, 1.165) is 30.7 Å². The third-order valence-electron chi connectivity index (χ3n) is 2.48. The quantitative estimate of drug-likeness (QED) is 0.373. The zero-order chi connectivity index (χ0) is 14.3. The topological polar surface area (TPSA) is 36.4 Å². The minimum atomic E-state index is 0.511. The average molecular weight is 318 g/mol. The van der Waals surface area contributed by atoms with Crippen molar-refractivity contribution in [2.45, 2.75) is 26.7 Å². The van der Waals surface area contributed by atoms with Crippen LogP contribution in [0.5, 0.6) is 0 Å². The molecule has 104 valence electrons. The summed E-state index contributed by atoms with van der Waals surface area (Å²) >= 11 is 16.9. The monoisotopic (exact) mass is 317 g/mol. The summed E-state index contributed by atoms with van der Waals surface area (Å²) in [6.45, 7) is 4.86. The van der Waals surface area contributed by atoms with E-state index in [4.69, 9.17) is 35.4 Å². The van der Waals surface area contributed by atoms with Gasteiger partial charge in [0.2, 0.25) is 0 Å². The Labute approximate surface area is 129 Å². The smallest absolute Gasteiger partial charge is 0.186 e. The van der Waals surface area contributed by atoms with Crippen molar-refractivity contribution < 1.29 is 0 Å². The molecule has 0 saturated heterocycles. The summed E-state index contributed by atoms with van der Waals surface area (Å²) in [5.74, 6) is 0. The van der Waals surface area contributed by atoms with E-state index in [1.54, 1.807) is 12.1 Å². The number of nitrogens with one attached hydrogen (secondary N) is 2. The fourth-order valence-corrected chi connectivity index (χ4v) is 1.78. The molecule has 0 aliphatic rings. The predicted molar refractivity (Wildman–Crippen MR) is 87.3 cm³/mol. The molecule has 19 heavy (non-hydrogen) atoms. The van der Waals surface area contributed by atoms with Crippen molar-refractivity contribution in [1.82, 2.24) is 10.7 Å². The molecule has 0 unspecified atom stereocenters. The Morgan fingerprint density at radius 2 is 2.05 bits per heavy atom. The molecule has 0 fully saturated rings. The van der Waals surface area contributed by atoms with Crippen molar-refractivity contribution in [1.29, 1.82) is 0 Å². The molecule has 0 amide bonds. The van der Waals surface area contributed by atoms with Gasteiger partial charge in [-0.05, 0) is 43.3 Å². The number of rotatable bonds is 5. The molecular weight excluding hydrogens is 301 g/mol. The highest BCUT2D eigenvalue weighted by Gasteiger charge is 2.02. The SMILES string of the molecule is CCCCNC(=S)N/N=C(/C)c1ccc(Cl)c(Cl)c1. The molecule has 1 rings (SSSR count). The van der Waals surface area contributed by atoms with E-state index in [1.807, 2.05) is 13.0 Å². The summed E-state index contributed by atoms with van der Waals surface area (Å²) in [4.78, 5) is 0. The van der Waals surface area contributed by atoms with Gasteiger partial charge < -0.3 is 5.32 Å². The lowest BCUT2D eigenvalue weighted by Crippen LogP contribution is -2.33. The Balaban J connectivity index is 2.56. The average Bonchev–Trinajstić information content (AvgIpc) is 2.39. The molecule has 1 aromatic rings. The number of hydrazone groups is 1. The standard InChI is InChI=1S/C13H17Cl2N3S/c1-3-4-7-16-13(19)18-17-9(2)10-5-6-11(14)12(15)8-10/h5-6,8H,3-4,7H2,1-2H3,(H2,16,18,19)/b17-9-. The van der Waals surface area contributed by atoms with Gasteiger partial charge in [-0.2, -0.15) is 5.10 Å². The molecule has 0 bridgehead atoms. The number of hydrogen-bond acceptors (Lipinski definition) is 2. The number of nitrogens with zero attached hydrogens (tertiary/aromatic N) is 1. The minimum absolute atomic E-state index is 0.511. The molecule has 3 nitrogen and oxygen atoms in total. The zero-order valence-electron chi connectivity index (χ0n) is 11.0. The van der Waals surface area contributed by atoms with E-state index < -0.39 is 0 Å². The number of unbranched alkanes of at least 4 members (excludes halogenated alkanes) is 1. The van der Waals surface area contributed by atoms with Crippen LogP contribution in [-0.4, -0.2) is 17.4 Å². The molecule has 0 atom stereocenters. The maximum atomic E-state index is 5.96. The Morgan fingerprint density at radius 3 is 2.68 bits per heavy atom.